The average Bonchev–Trinajstić information content (AvgIpc) is 3.46. The van der Waals surface area contributed by atoms with Crippen molar-refractivity contribution < 1.29 is 24.5 Å². The molecule has 224 valence electrons. The van der Waals surface area contributed by atoms with Gasteiger partial charge in [-0.3, -0.25) is 4.79 Å². The van der Waals surface area contributed by atoms with Gasteiger partial charge < -0.3 is 19.8 Å². The second kappa shape index (κ2) is 17.1. The Kier molecular flexibility index (Phi) is 13.2. The highest BCUT2D eigenvalue weighted by atomic mass is 16.5. The number of nitrogens with zero attached hydrogens (tertiary/aromatic N) is 1. The van der Waals surface area contributed by atoms with E-state index in [2.05, 4.69) is 18.8 Å². The van der Waals surface area contributed by atoms with E-state index in [1.807, 2.05) is 67.3 Å². The van der Waals surface area contributed by atoms with Crippen LogP contribution in [0.5, 0.6) is 5.75 Å². The molecule has 2 aliphatic carbocycles. The molecule has 0 heterocycles. The summed E-state index contributed by atoms with van der Waals surface area (Å²) in [5.74, 6) is 6.60. The zero-order chi connectivity index (χ0) is 30.3. The molecule has 0 aliphatic heterocycles. The number of aliphatic hydroxyl groups is 1. The van der Waals surface area contributed by atoms with Crippen molar-refractivity contribution >= 4 is 11.9 Å². The van der Waals surface area contributed by atoms with Crippen LogP contribution in [0.25, 0.3) is 0 Å². The molecule has 1 atom stereocenters. The van der Waals surface area contributed by atoms with Gasteiger partial charge in [0.05, 0.1) is 18.2 Å². The number of aliphatic hydroxyl groups excluding tert-OH is 1. The van der Waals surface area contributed by atoms with Crippen LogP contribution in [0.4, 0.5) is 0 Å². The van der Waals surface area contributed by atoms with E-state index in [-0.39, 0.29) is 29.7 Å². The molecule has 42 heavy (non-hydrogen) atoms. The van der Waals surface area contributed by atoms with Crippen molar-refractivity contribution in [2.24, 2.45) is 5.92 Å². The number of hydrogen-bond acceptors (Lipinski definition) is 4. The smallest absolute Gasteiger partial charge is 0.339 e. The van der Waals surface area contributed by atoms with Gasteiger partial charge in [-0.25, -0.2) is 4.79 Å². The van der Waals surface area contributed by atoms with Crippen molar-refractivity contribution in [1.82, 2.24) is 4.90 Å². The van der Waals surface area contributed by atoms with Gasteiger partial charge in [-0.15, -0.1) is 0 Å². The summed E-state index contributed by atoms with van der Waals surface area (Å²) in [7, 11) is 0. The molecule has 4 rings (SSSR count). The average molecular weight is 572 g/mol. The molecule has 2 aromatic rings. The van der Waals surface area contributed by atoms with E-state index in [1.54, 1.807) is 6.08 Å². The van der Waals surface area contributed by atoms with Crippen molar-refractivity contribution in [3.8, 4) is 17.6 Å². The van der Waals surface area contributed by atoms with Gasteiger partial charge in [0.25, 0.3) is 0 Å². The minimum atomic E-state index is -1.16. The van der Waals surface area contributed by atoms with E-state index in [4.69, 9.17) is 4.74 Å². The fraction of sp³-hybridized carbons (Fsp3) is 0.444. The first-order chi connectivity index (χ1) is 20.4. The number of carboxylic acids is 1. The lowest BCUT2D eigenvalue weighted by molar-refractivity contribution is -0.134. The first-order valence-corrected chi connectivity index (χ1v) is 15.4. The molecule has 1 fully saturated rings. The maximum absolute atomic E-state index is 13.5. The van der Waals surface area contributed by atoms with Crippen LogP contribution >= 0.6 is 0 Å². The number of allylic oxidation sites excluding steroid dienone is 1. The maximum atomic E-state index is 13.5. The third-order valence-corrected chi connectivity index (χ3v) is 7.65. The highest BCUT2D eigenvalue weighted by Crippen LogP contribution is 2.30. The van der Waals surface area contributed by atoms with Gasteiger partial charge in [0.15, 0.2) is 0 Å². The molecule has 1 amide bonds. The third-order valence-electron chi connectivity index (χ3n) is 7.65. The first kappa shape index (κ1) is 32.5. The summed E-state index contributed by atoms with van der Waals surface area (Å²) in [5.41, 5.74) is 2.66. The van der Waals surface area contributed by atoms with Crippen LogP contribution in [0.15, 0.2) is 72.0 Å². The van der Waals surface area contributed by atoms with Gasteiger partial charge >= 0.3 is 5.97 Å². The number of carboxylic acid groups (broad SMARTS) is 1. The van der Waals surface area contributed by atoms with E-state index in [0.29, 0.717) is 31.9 Å². The van der Waals surface area contributed by atoms with Gasteiger partial charge in [-0.2, -0.15) is 0 Å². The number of benzene rings is 2. The molecular weight excluding hydrogens is 526 g/mol. The second-order valence-electron chi connectivity index (χ2n) is 10.7. The summed E-state index contributed by atoms with van der Waals surface area (Å²) < 4.78 is 5.63. The summed E-state index contributed by atoms with van der Waals surface area (Å²) in [6, 6.07) is 15.4. The van der Waals surface area contributed by atoms with Crippen LogP contribution < -0.4 is 4.74 Å². The molecule has 0 aromatic heterocycles. The summed E-state index contributed by atoms with van der Waals surface area (Å²) in [5, 5.41) is 19.7. The number of aliphatic carboxylic acids is 1. The lowest BCUT2D eigenvalue weighted by Gasteiger charge is -2.30. The minimum absolute atomic E-state index is 0.0649. The normalized spacial score (nSPS) is 16.5. The number of hydrogen-bond donors (Lipinski definition) is 2. The Morgan fingerprint density at radius 3 is 2.17 bits per heavy atom. The number of carbonyl (C=O) groups excluding carboxylic acids is 1. The van der Waals surface area contributed by atoms with Crippen molar-refractivity contribution in [1.29, 1.82) is 0 Å². The lowest BCUT2D eigenvalue weighted by Crippen LogP contribution is -2.38. The largest absolute Gasteiger partial charge is 0.511 e. The molecule has 0 spiro atoms. The van der Waals surface area contributed by atoms with Gasteiger partial charge in [0.2, 0.25) is 5.91 Å². The van der Waals surface area contributed by atoms with Gasteiger partial charge in [0, 0.05) is 30.5 Å². The Balaban J connectivity index is 0.00000237. The van der Waals surface area contributed by atoms with Crippen LogP contribution in [-0.4, -0.2) is 39.6 Å². The number of rotatable bonds is 10. The maximum Gasteiger partial charge on any atom is 0.339 e. The van der Waals surface area contributed by atoms with E-state index in [1.165, 1.54) is 31.8 Å². The topological polar surface area (TPSA) is 87.1 Å². The fourth-order valence-electron chi connectivity index (χ4n) is 5.32. The van der Waals surface area contributed by atoms with E-state index in [0.717, 1.165) is 35.3 Å². The molecule has 2 aliphatic rings. The monoisotopic (exact) mass is 571 g/mol. The van der Waals surface area contributed by atoms with Crippen LogP contribution in [0.3, 0.4) is 0 Å². The van der Waals surface area contributed by atoms with Crippen LogP contribution in [0, 0.1) is 17.8 Å². The molecule has 0 saturated heterocycles. The number of carbonyl (C=O) groups is 2. The molecule has 0 bridgehead atoms. The van der Waals surface area contributed by atoms with E-state index >= 15 is 0 Å². The van der Waals surface area contributed by atoms with E-state index < -0.39 is 5.97 Å². The highest BCUT2D eigenvalue weighted by Gasteiger charge is 2.26. The summed E-state index contributed by atoms with van der Waals surface area (Å²) in [4.78, 5) is 26.9. The number of ether oxygens (including phenoxy) is 1. The van der Waals surface area contributed by atoms with Crippen LogP contribution in [0.2, 0.25) is 0 Å². The van der Waals surface area contributed by atoms with Crippen LogP contribution in [0.1, 0.15) is 95.2 Å². The standard InChI is InChI=1S/C34H39NO5.C2H6/c1-2-23-40-30-18-13-27(14-19-30)8-7-26-9-11-28(12-10-26)24-35(33(37)22-15-25-5-3-4-6-25)29-16-20-31(34(38)39)32(36)21-17-29;1-2/h9-14,16,18-20,25,29,36H,2-6,15,17,21-24H2,1H3,(H,38,39);1-2H3. The molecule has 2 aromatic carbocycles. The highest BCUT2D eigenvalue weighted by molar-refractivity contribution is 5.90. The molecule has 6 nitrogen and oxygen atoms in total. The molecule has 1 unspecified atom stereocenters. The van der Waals surface area contributed by atoms with Gasteiger partial charge in [-0.1, -0.05) is 76.5 Å². The summed E-state index contributed by atoms with van der Waals surface area (Å²) in [6.45, 7) is 7.18. The first-order valence-electron chi connectivity index (χ1n) is 15.4. The van der Waals surface area contributed by atoms with Crippen LogP contribution in [-0.2, 0) is 16.1 Å². The Morgan fingerprint density at radius 1 is 0.952 bits per heavy atom. The van der Waals surface area contributed by atoms with Gasteiger partial charge in [-0.05, 0) is 73.2 Å². The van der Waals surface area contributed by atoms with Crippen molar-refractivity contribution in [3.63, 3.8) is 0 Å². The Labute approximate surface area is 251 Å². The number of amides is 1. The zero-order valence-corrected chi connectivity index (χ0v) is 25.3. The van der Waals surface area contributed by atoms with Crippen molar-refractivity contribution in [2.45, 2.75) is 91.1 Å². The summed E-state index contributed by atoms with van der Waals surface area (Å²) >= 11 is 0. The second-order valence-corrected chi connectivity index (χ2v) is 10.7. The Hall–Kier alpha value is -3.98. The Morgan fingerprint density at radius 2 is 1.57 bits per heavy atom. The van der Waals surface area contributed by atoms with Crippen molar-refractivity contribution in [2.75, 3.05) is 6.61 Å². The molecule has 1 saturated carbocycles. The quantitative estimate of drug-likeness (QED) is 0.284. The molecule has 0 radical (unpaired) electrons. The van der Waals surface area contributed by atoms with E-state index in [9.17, 15) is 19.8 Å². The van der Waals surface area contributed by atoms with Crippen molar-refractivity contribution in [3.05, 3.63) is 88.7 Å². The SMILES string of the molecule is CC.CCCOc1ccc(C#Cc2ccc(CN(C(=O)CCC3CCCC3)C3C=CC(C(=O)O)=C(O)CC3)cc2)cc1. The fourth-order valence-corrected chi connectivity index (χ4v) is 5.32. The minimum Gasteiger partial charge on any atom is -0.511 e. The molecule has 2 N–H and O–H groups in total. The summed E-state index contributed by atoms with van der Waals surface area (Å²) in [6.07, 6.45) is 11.1. The third kappa shape index (κ3) is 9.83. The van der Waals surface area contributed by atoms with Gasteiger partial charge in [0.1, 0.15) is 11.5 Å². The lowest BCUT2D eigenvalue weighted by atomic mass is 10.00. The predicted octanol–water partition coefficient (Wildman–Crippen LogP) is 7.82. The zero-order valence-electron chi connectivity index (χ0n) is 25.3. The Bertz CT molecular complexity index is 1270. The molecule has 6 heteroatoms. The predicted molar refractivity (Wildman–Crippen MR) is 167 cm³/mol. The molecular formula is C36H45NO5.